The van der Waals surface area contributed by atoms with Crippen LogP contribution < -0.4 is 0 Å². The molecule has 1 rings (SSSR count). The van der Waals surface area contributed by atoms with E-state index in [2.05, 4.69) is 13.8 Å². The summed E-state index contributed by atoms with van der Waals surface area (Å²) in [4.78, 5) is 0. The molecule has 0 N–H and O–H groups in total. The normalized spacial score (nSPS) is 22.3. The van der Waals surface area contributed by atoms with Crippen molar-refractivity contribution in [3.8, 4) is 0 Å². The monoisotopic (exact) mass is 254 g/mol. The van der Waals surface area contributed by atoms with Crippen LogP contribution in [0.1, 0.15) is 97.3 Å². The van der Waals surface area contributed by atoms with Crippen molar-refractivity contribution in [1.29, 1.82) is 0 Å². The molecule has 1 fully saturated rings. The van der Waals surface area contributed by atoms with Gasteiger partial charge in [-0.1, -0.05) is 84.5 Å². The highest BCUT2D eigenvalue weighted by molar-refractivity contribution is 4.83. The van der Waals surface area contributed by atoms with E-state index < -0.39 is 0 Å². The third-order valence-electron chi connectivity index (χ3n) is 4.10. The molecule has 2 unspecified atom stereocenters. The van der Waals surface area contributed by atoms with Crippen molar-refractivity contribution in [2.24, 2.45) is 0 Å². The Kier molecular flexibility index (Phi) is 9.65. The van der Waals surface area contributed by atoms with Crippen molar-refractivity contribution in [2.45, 2.75) is 110 Å². The van der Waals surface area contributed by atoms with Crippen molar-refractivity contribution in [1.82, 2.24) is 0 Å². The Morgan fingerprint density at radius 3 is 1.61 bits per heavy atom. The molecule has 0 radical (unpaired) electrons. The lowest BCUT2D eigenvalue weighted by molar-refractivity contribution is 0.350. The third kappa shape index (κ3) is 8.13. The third-order valence-corrected chi connectivity index (χ3v) is 4.10. The van der Waals surface area contributed by atoms with Crippen LogP contribution in [0, 0.1) is 0 Å². The van der Waals surface area contributed by atoms with Gasteiger partial charge < -0.3 is 4.74 Å². The van der Waals surface area contributed by atoms with Gasteiger partial charge in [0, 0.05) is 0 Å². The van der Waals surface area contributed by atoms with Gasteiger partial charge in [-0.25, -0.2) is 0 Å². The molecule has 0 amide bonds. The highest BCUT2D eigenvalue weighted by Gasteiger charge is 2.36. The summed E-state index contributed by atoms with van der Waals surface area (Å²) in [6.07, 6.45) is 19.5. The maximum Gasteiger partial charge on any atom is 0.0841 e. The van der Waals surface area contributed by atoms with Gasteiger partial charge >= 0.3 is 0 Å². The van der Waals surface area contributed by atoms with E-state index in [0.717, 1.165) is 0 Å². The van der Waals surface area contributed by atoms with Crippen LogP contribution in [0.25, 0.3) is 0 Å². The van der Waals surface area contributed by atoms with Crippen LogP contribution in [0.15, 0.2) is 0 Å². The predicted octanol–water partition coefficient (Wildman–Crippen LogP) is 5.86. The molecule has 1 heteroatoms. The molecule has 0 aromatic carbocycles. The Balaban J connectivity index is 1.69. The quantitative estimate of drug-likeness (QED) is 0.296. The lowest BCUT2D eigenvalue weighted by atomic mass is 10.0. The van der Waals surface area contributed by atoms with Crippen molar-refractivity contribution < 1.29 is 4.74 Å². The SMILES string of the molecule is CCCCCCCCCCCCC1OC1CCC. The first-order valence-electron chi connectivity index (χ1n) is 8.54. The summed E-state index contributed by atoms with van der Waals surface area (Å²) in [5.41, 5.74) is 0. The highest BCUT2D eigenvalue weighted by Crippen LogP contribution is 2.30. The molecular formula is C17H34O. The van der Waals surface area contributed by atoms with Crippen molar-refractivity contribution in [3.05, 3.63) is 0 Å². The van der Waals surface area contributed by atoms with Gasteiger partial charge in [-0.05, 0) is 12.8 Å². The first-order chi connectivity index (χ1) is 8.88. The molecule has 0 bridgehead atoms. The van der Waals surface area contributed by atoms with Gasteiger partial charge in [0.15, 0.2) is 0 Å². The molecule has 0 aromatic rings. The number of epoxide rings is 1. The zero-order valence-electron chi connectivity index (χ0n) is 12.8. The first-order valence-corrected chi connectivity index (χ1v) is 8.54. The number of hydrogen-bond donors (Lipinski definition) is 0. The Hall–Kier alpha value is -0.0400. The summed E-state index contributed by atoms with van der Waals surface area (Å²) < 4.78 is 5.64. The molecule has 1 heterocycles. The van der Waals surface area contributed by atoms with E-state index in [1.165, 1.54) is 83.5 Å². The molecule has 0 spiro atoms. The Bertz CT molecular complexity index is 178. The van der Waals surface area contributed by atoms with Gasteiger partial charge in [0.1, 0.15) is 0 Å². The number of rotatable bonds is 13. The smallest absolute Gasteiger partial charge is 0.0841 e. The van der Waals surface area contributed by atoms with E-state index in [1.807, 2.05) is 0 Å². The van der Waals surface area contributed by atoms with E-state index in [-0.39, 0.29) is 0 Å². The summed E-state index contributed by atoms with van der Waals surface area (Å²) in [5.74, 6) is 0. The molecule has 1 saturated heterocycles. The van der Waals surface area contributed by atoms with Gasteiger partial charge in [-0.3, -0.25) is 0 Å². The van der Waals surface area contributed by atoms with Crippen LogP contribution in [0.4, 0.5) is 0 Å². The van der Waals surface area contributed by atoms with Crippen molar-refractivity contribution >= 4 is 0 Å². The fraction of sp³-hybridized carbons (Fsp3) is 1.00. The predicted molar refractivity (Wildman–Crippen MR) is 80.0 cm³/mol. The van der Waals surface area contributed by atoms with E-state index in [4.69, 9.17) is 4.74 Å². The number of ether oxygens (including phenoxy) is 1. The van der Waals surface area contributed by atoms with Gasteiger partial charge in [0.2, 0.25) is 0 Å². The molecule has 108 valence electrons. The molecule has 1 nitrogen and oxygen atoms in total. The minimum absolute atomic E-state index is 0.633. The molecule has 1 aliphatic heterocycles. The number of hydrogen-bond acceptors (Lipinski definition) is 1. The molecule has 0 aliphatic carbocycles. The second kappa shape index (κ2) is 10.8. The average molecular weight is 254 g/mol. The lowest BCUT2D eigenvalue weighted by Gasteiger charge is -2.01. The second-order valence-corrected chi connectivity index (χ2v) is 5.97. The van der Waals surface area contributed by atoms with Crippen LogP contribution in [-0.4, -0.2) is 12.2 Å². The Morgan fingerprint density at radius 1 is 0.556 bits per heavy atom. The molecule has 2 atom stereocenters. The van der Waals surface area contributed by atoms with Crippen molar-refractivity contribution in [3.63, 3.8) is 0 Å². The first kappa shape index (κ1) is 16.0. The van der Waals surface area contributed by atoms with Gasteiger partial charge in [0.05, 0.1) is 12.2 Å². The van der Waals surface area contributed by atoms with Gasteiger partial charge in [0.25, 0.3) is 0 Å². The van der Waals surface area contributed by atoms with Crippen LogP contribution in [0.3, 0.4) is 0 Å². The van der Waals surface area contributed by atoms with Gasteiger partial charge in [-0.2, -0.15) is 0 Å². The maximum absolute atomic E-state index is 5.64. The van der Waals surface area contributed by atoms with E-state index in [9.17, 15) is 0 Å². The summed E-state index contributed by atoms with van der Waals surface area (Å²) in [5, 5.41) is 0. The fourth-order valence-electron chi connectivity index (χ4n) is 2.80. The minimum atomic E-state index is 0.633. The number of unbranched alkanes of at least 4 members (excludes halogenated alkanes) is 9. The molecular weight excluding hydrogens is 220 g/mol. The van der Waals surface area contributed by atoms with Crippen LogP contribution >= 0.6 is 0 Å². The molecule has 0 aromatic heterocycles. The van der Waals surface area contributed by atoms with E-state index >= 15 is 0 Å². The van der Waals surface area contributed by atoms with E-state index in [1.54, 1.807) is 0 Å². The van der Waals surface area contributed by atoms with Crippen molar-refractivity contribution in [2.75, 3.05) is 0 Å². The second-order valence-electron chi connectivity index (χ2n) is 5.97. The van der Waals surface area contributed by atoms with Gasteiger partial charge in [-0.15, -0.1) is 0 Å². The minimum Gasteiger partial charge on any atom is -0.370 e. The maximum atomic E-state index is 5.64. The fourth-order valence-corrected chi connectivity index (χ4v) is 2.80. The molecule has 1 aliphatic rings. The Labute approximate surface area is 115 Å². The van der Waals surface area contributed by atoms with Crippen LogP contribution in [0.2, 0.25) is 0 Å². The zero-order valence-corrected chi connectivity index (χ0v) is 12.8. The van der Waals surface area contributed by atoms with Crippen LogP contribution in [0.5, 0.6) is 0 Å². The average Bonchev–Trinajstić information content (AvgIpc) is 3.11. The summed E-state index contributed by atoms with van der Waals surface area (Å²) in [6.45, 7) is 4.54. The topological polar surface area (TPSA) is 12.5 Å². The Morgan fingerprint density at radius 2 is 1.06 bits per heavy atom. The van der Waals surface area contributed by atoms with E-state index in [0.29, 0.717) is 12.2 Å². The largest absolute Gasteiger partial charge is 0.370 e. The zero-order chi connectivity index (χ0) is 13.1. The molecule has 0 saturated carbocycles. The van der Waals surface area contributed by atoms with Crippen LogP contribution in [-0.2, 0) is 4.74 Å². The lowest BCUT2D eigenvalue weighted by Crippen LogP contribution is -1.93. The molecule has 18 heavy (non-hydrogen) atoms. The highest BCUT2D eigenvalue weighted by atomic mass is 16.6. The standard InChI is InChI=1S/C17H34O/c1-3-5-6-7-8-9-10-11-12-13-15-17-16(18-17)14-4-2/h16-17H,3-15H2,1-2H3. The summed E-state index contributed by atoms with van der Waals surface area (Å²) >= 11 is 0. The summed E-state index contributed by atoms with van der Waals surface area (Å²) in [7, 11) is 0. The summed E-state index contributed by atoms with van der Waals surface area (Å²) in [6, 6.07) is 0.